The molecule has 220 valence electrons. The fourth-order valence-electron chi connectivity index (χ4n) is 7.51. The summed E-state index contributed by atoms with van der Waals surface area (Å²) in [7, 11) is 5.38. The first-order chi connectivity index (χ1) is 20.9. The largest absolute Gasteiger partial charge is 0.497 e. The monoisotopic (exact) mass is 575 g/mol. The van der Waals surface area contributed by atoms with Crippen molar-refractivity contribution >= 4 is 28.0 Å². The number of aryl methyl sites for hydroxylation is 1. The average molecular weight is 576 g/mol. The van der Waals surface area contributed by atoms with E-state index >= 15 is 0 Å². The number of fused-ring (bicyclic) bond motifs is 4. The molecule has 3 atom stereocenters. The summed E-state index contributed by atoms with van der Waals surface area (Å²) >= 11 is 0. The Bertz CT molecular complexity index is 1880. The number of ether oxygens (including phenoxy) is 2. The summed E-state index contributed by atoms with van der Waals surface area (Å²) in [4.78, 5) is 26.2. The van der Waals surface area contributed by atoms with Crippen molar-refractivity contribution in [1.82, 2.24) is 24.0 Å². The number of nitrogens with zero attached hydrogens (tertiary/aromatic N) is 5. The number of aromatic nitrogens is 4. The minimum absolute atomic E-state index is 0.0876. The van der Waals surface area contributed by atoms with Crippen LogP contribution < -0.4 is 9.47 Å². The molecule has 43 heavy (non-hydrogen) atoms. The third-order valence-corrected chi connectivity index (χ3v) is 10.2. The van der Waals surface area contributed by atoms with E-state index in [1.54, 1.807) is 14.2 Å². The summed E-state index contributed by atoms with van der Waals surface area (Å²) in [6, 6.07) is 18.7. The van der Waals surface area contributed by atoms with E-state index in [-0.39, 0.29) is 5.91 Å². The van der Waals surface area contributed by atoms with E-state index in [1.165, 1.54) is 19.3 Å². The van der Waals surface area contributed by atoms with Gasteiger partial charge in [0.1, 0.15) is 22.7 Å². The van der Waals surface area contributed by atoms with Gasteiger partial charge in [0, 0.05) is 42.7 Å². The number of methoxy groups -OCH3 is 2. The number of carbonyl (C=O) groups excluding carboxylic acids is 1. The van der Waals surface area contributed by atoms with Crippen molar-refractivity contribution in [3.63, 3.8) is 0 Å². The second-order valence-electron chi connectivity index (χ2n) is 12.7. The molecule has 3 fully saturated rings. The zero-order valence-corrected chi connectivity index (χ0v) is 25.2. The number of likely N-dealkylation sites (tertiary alicyclic amines) is 1. The molecular weight excluding hydrogens is 538 g/mol. The van der Waals surface area contributed by atoms with Gasteiger partial charge in [-0.2, -0.15) is 0 Å². The molecule has 2 unspecified atom stereocenters. The highest BCUT2D eigenvalue weighted by Crippen LogP contribution is 2.44. The second kappa shape index (κ2) is 9.86. The van der Waals surface area contributed by atoms with Gasteiger partial charge < -0.3 is 23.5 Å². The molecule has 2 bridgehead atoms. The highest BCUT2D eigenvalue weighted by Gasteiger charge is 2.46. The molecule has 4 heterocycles. The second-order valence-corrected chi connectivity index (χ2v) is 12.7. The van der Waals surface area contributed by atoms with Gasteiger partial charge in [0.15, 0.2) is 5.82 Å². The van der Waals surface area contributed by atoms with E-state index in [9.17, 15) is 4.79 Å². The highest BCUT2D eigenvalue weighted by molar-refractivity contribution is 6.00. The first kappa shape index (κ1) is 26.3. The molecule has 0 spiro atoms. The quantitative estimate of drug-likeness (QED) is 0.220. The Labute approximate surface area is 251 Å². The van der Waals surface area contributed by atoms with Gasteiger partial charge in [-0.05, 0) is 98.0 Å². The number of imidazole rings is 1. The summed E-state index contributed by atoms with van der Waals surface area (Å²) in [5.41, 5.74) is 6.28. The molecule has 1 saturated heterocycles. The highest BCUT2D eigenvalue weighted by atomic mass is 16.5. The SMILES string of the molecule is COc1ccc(-c2ccc3cc(-c4nc5cc(C(=O)N6CC7CCC6[C@@H]7C)cc(OC)c5n4C)n(CC4CC4)c3n2)cc1. The molecule has 0 N–H and O–H groups in total. The van der Waals surface area contributed by atoms with Gasteiger partial charge in [-0.15, -0.1) is 0 Å². The first-order valence-electron chi connectivity index (χ1n) is 15.4. The Morgan fingerprint density at radius 3 is 2.44 bits per heavy atom. The number of carbonyl (C=O) groups is 1. The van der Waals surface area contributed by atoms with Crippen LogP contribution in [0.5, 0.6) is 11.5 Å². The molecule has 5 aromatic rings. The van der Waals surface area contributed by atoms with Crippen LogP contribution in [0.2, 0.25) is 0 Å². The van der Waals surface area contributed by atoms with Crippen LogP contribution in [0.3, 0.4) is 0 Å². The standard InChI is InChI=1S/C35H37N5O3/c1-20-24-10-14-29(20)40(19-24)35(41)25-15-28-32(31(17-25)43-4)38(2)34(37-28)30-16-23-9-13-27(22-7-11-26(42-3)12-8-22)36-33(23)39(30)18-21-5-6-21/h7-9,11-13,15-17,20-21,24,29H,5-6,10,14,18-19H2,1-4H3/t20-,24?,29?/m1/s1. The predicted octanol–water partition coefficient (Wildman–Crippen LogP) is 6.55. The lowest BCUT2D eigenvalue weighted by Gasteiger charge is -2.27. The summed E-state index contributed by atoms with van der Waals surface area (Å²) in [6.07, 6.45) is 4.80. The maximum atomic E-state index is 13.8. The van der Waals surface area contributed by atoms with Gasteiger partial charge in [0.2, 0.25) is 0 Å². The topological polar surface area (TPSA) is 74.4 Å². The fraction of sp³-hybridized carbons (Fsp3) is 0.400. The molecular formula is C35H37N5O3. The summed E-state index contributed by atoms with van der Waals surface area (Å²) in [5.74, 6) is 4.27. The van der Waals surface area contributed by atoms with Crippen molar-refractivity contribution in [3.8, 4) is 34.3 Å². The summed E-state index contributed by atoms with van der Waals surface area (Å²) in [5, 5.41) is 1.08. The van der Waals surface area contributed by atoms with E-state index in [0.717, 1.165) is 70.1 Å². The number of piperidine rings is 1. The Hall–Kier alpha value is -4.33. The summed E-state index contributed by atoms with van der Waals surface area (Å²) < 4.78 is 15.7. The van der Waals surface area contributed by atoms with E-state index in [4.69, 9.17) is 19.4 Å². The number of pyridine rings is 1. The molecule has 1 amide bonds. The third kappa shape index (κ3) is 4.21. The van der Waals surface area contributed by atoms with E-state index in [1.807, 2.05) is 43.4 Å². The molecule has 0 radical (unpaired) electrons. The minimum atomic E-state index is 0.0876. The molecule has 8 rings (SSSR count). The molecule has 3 aromatic heterocycles. The molecule has 2 saturated carbocycles. The van der Waals surface area contributed by atoms with Crippen LogP contribution >= 0.6 is 0 Å². The first-order valence-corrected chi connectivity index (χ1v) is 15.4. The lowest BCUT2D eigenvalue weighted by Crippen LogP contribution is -2.38. The van der Waals surface area contributed by atoms with Gasteiger partial charge >= 0.3 is 0 Å². The van der Waals surface area contributed by atoms with Crippen molar-refractivity contribution < 1.29 is 14.3 Å². The van der Waals surface area contributed by atoms with Gasteiger partial charge in [0.25, 0.3) is 5.91 Å². The molecule has 2 aromatic carbocycles. The van der Waals surface area contributed by atoms with Gasteiger partial charge in [0.05, 0.1) is 31.1 Å². The zero-order chi connectivity index (χ0) is 29.4. The smallest absolute Gasteiger partial charge is 0.254 e. The van der Waals surface area contributed by atoms with E-state index in [2.05, 4.69) is 39.2 Å². The van der Waals surface area contributed by atoms with Crippen LogP contribution in [0.4, 0.5) is 0 Å². The van der Waals surface area contributed by atoms with Gasteiger partial charge in [-0.25, -0.2) is 9.97 Å². The van der Waals surface area contributed by atoms with Crippen LogP contribution in [0.25, 0.3) is 44.8 Å². The van der Waals surface area contributed by atoms with E-state index in [0.29, 0.717) is 35.1 Å². The Balaban J connectivity index is 1.23. The van der Waals surface area contributed by atoms with Crippen LogP contribution in [0.1, 0.15) is 43.0 Å². The van der Waals surface area contributed by atoms with Crippen molar-refractivity contribution in [3.05, 3.63) is 60.2 Å². The Kier molecular flexibility index (Phi) is 6.03. The number of hydrogen-bond acceptors (Lipinski definition) is 5. The van der Waals surface area contributed by atoms with E-state index < -0.39 is 0 Å². The van der Waals surface area contributed by atoms with Gasteiger partial charge in [-0.3, -0.25) is 4.79 Å². The molecule has 2 aliphatic carbocycles. The van der Waals surface area contributed by atoms with Crippen molar-refractivity contribution in [2.75, 3.05) is 20.8 Å². The molecule has 1 aliphatic heterocycles. The van der Waals surface area contributed by atoms with Crippen LogP contribution in [0.15, 0.2) is 54.6 Å². The fourth-order valence-corrected chi connectivity index (χ4v) is 7.51. The normalized spacial score (nSPS) is 21.3. The lowest BCUT2D eigenvalue weighted by molar-refractivity contribution is 0.0696. The molecule has 8 heteroatoms. The number of amides is 1. The average Bonchev–Trinajstić information content (AvgIpc) is 3.44. The Morgan fingerprint density at radius 1 is 0.953 bits per heavy atom. The van der Waals surface area contributed by atoms with Crippen LogP contribution in [-0.2, 0) is 13.6 Å². The molecule has 3 aliphatic rings. The number of hydrogen-bond donors (Lipinski definition) is 0. The summed E-state index contributed by atoms with van der Waals surface area (Å²) in [6.45, 7) is 4.04. The van der Waals surface area contributed by atoms with Crippen LogP contribution in [-0.4, -0.2) is 56.7 Å². The van der Waals surface area contributed by atoms with Crippen LogP contribution in [0, 0.1) is 17.8 Å². The zero-order valence-electron chi connectivity index (χ0n) is 25.2. The maximum absolute atomic E-state index is 13.8. The van der Waals surface area contributed by atoms with Gasteiger partial charge in [-0.1, -0.05) is 6.92 Å². The number of benzene rings is 2. The molecule has 8 nitrogen and oxygen atoms in total. The lowest BCUT2D eigenvalue weighted by atomic mass is 10.0. The predicted molar refractivity (Wildman–Crippen MR) is 167 cm³/mol. The maximum Gasteiger partial charge on any atom is 0.254 e. The van der Waals surface area contributed by atoms with Crippen molar-refractivity contribution in [2.24, 2.45) is 24.8 Å². The van der Waals surface area contributed by atoms with Crippen molar-refractivity contribution in [2.45, 2.75) is 45.2 Å². The Morgan fingerprint density at radius 2 is 1.77 bits per heavy atom. The number of rotatable bonds is 7. The van der Waals surface area contributed by atoms with Crippen molar-refractivity contribution in [1.29, 1.82) is 0 Å². The third-order valence-electron chi connectivity index (χ3n) is 10.2. The minimum Gasteiger partial charge on any atom is -0.497 e.